The molecule has 2 aromatic rings. The van der Waals surface area contributed by atoms with Gasteiger partial charge in [-0.1, -0.05) is 37.3 Å². The minimum atomic E-state index is 0.0286. The molecule has 0 unspecified atom stereocenters. The zero-order valence-electron chi connectivity index (χ0n) is 17.0. The van der Waals surface area contributed by atoms with E-state index in [4.69, 9.17) is 0 Å². The molecular weight excluding hydrogens is 334 g/mol. The van der Waals surface area contributed by atoms with Crippen LogP contribution in [0, 0.1) is 13.8 Å². The Balaban J connectivity index is 2.11. The van der Waals surface area contributed by atoms with Crippen molar-refractivity contribution >= 4 is 11.6 Å². The van der Waals surface area contributed by atoms with E-state index in [-0.39, 0.29) is 11.8 Å². The summed E-state index contributed by atoms with van der Waals surface area (Å²) in [4.78, 5) is 18.0. The fraction of sp³-hybridized carbons (Fsp3) is 0.348. The summed E-state index contributed by atoms with van der Waals surface area (Å²) in [7, 11) is 4.07. The minimum Gasteiger partial charge on any atom is -0.365 e. The van der Waals surface area contributed by atoms with E-state index >= 15 is 0 Å². The fourth-order valence-corrected chi connectivity index (χ4v) is 3.09. The highest BCUT2D eigenvalue weighted by molar-refractivity contribution is 5.91. The highest BCUT2D eigenvalue weighted by atomic mass is 16.1. The monoisotopic (exact) mass is 365 g/mol. The number of H-pyrrole nitrogens is 1. The Kier molecular flexibility index (Phi) is 7.62. The molecular formula is C23H31N3O. The zero-order chi connectivity index (χ0) is 19.8. The Hall–Kier alpha value is -2.59. The SMILES string of the molecule is Cc1ccccc(C)c([C@H](C)CC(=O)Nc2cccc(CN(C)C)c2)c[nH]1. The van der Waals surface area contributed by atoms with E-state index < -0.39 is 0 Å². The molecule has 4 nitrogen and oxygen atoms in total. The molecule has 0 spiro atoms. The van der Waals surface area contributed by atoms with Gasteiger partial charge in [0.15, 0.2) is 0 Å². The summed E-state index contributed by atoms with van der Waals surface area (Å²) in [5.41, 5.74) is 5.41. The lowest BCUT2D eigenvalue weighted by atomic mass is 9.96. The van der Waals surface area contributed by atoms with Crippen molar-refractivity contribution in [3.05, 3.63) is 77.1 Å². The minimum absolute atomic E-state index is 0.0286. The second kappa shape index (κ2) is 9.93. The maximum atomic E-state index is 12.6. The molecule has 0 saturated heterocycles. The summed E-state index contributed by atoms with van der Waals surface area (Å²) < 4.78 is 0. The molecule has 0 saturated carbocycles. The van der Waals surface area contributed by atoms with Crippen LogP contribution in [-0.2, 0) is 11.3 Å². The first kappa shape index (κ1) is 20.7. The predicted molar refractivity (Wildman–Crippen MR) is 113 cm³/mol. The standard InChI is InChI=1S/C23H31N3O/c1-17-9-6-7-10-19(3)24-15-22(17)18(2)13-23(27)25-21-12-8-11-20(14-21)16-26(4)5/h6-12,14-15,18,24H,13,16H2,1-5H3,(H,25,27)/t18-/m1/s1. The van der Waals surface area contributed by atoms with Crippen LogP contribution in [0.1, 0.15) is 41.6 Å². The lowest BCUT2D eigenvalue weighted by Gasteiger charge is -2.14. The molecule has 0 radical (unpaired) electrons. The van der Waals surface area contributed by atoms with Crippen molar-refractivity contribution in [2.24, 2.45) is 0 Å². The number of nitrogens with one attached hydrogen (secondary N) is 2. The van der Waals surface area contributed by atoms with Crippen molar-refractivity contribution in [1.29, 1.82) is 0 Å². The van der Waals surface area contributed by atoms with Crippen LogP contribution in [0.5, 0.6) is 0 Å². The highest BCUT2D eigenvalue weighted by Gasteiger charge is 2.13. The van der Waals surface area contributed by atoms with E-state index in [0.29, 0.717) is 6.42 Å². The molecule has 27 heavy (non-hydrogen) atoms. The van der Waals surface area contributed by atoms with Gasteiger partial charge < -0.3 is 15.2 Å². The number of aryl methyl sites for hydroxylation is 2. The number of nitrogens with zero attached hydrogens (tertiary/aromatic N) is 1. The summed E-state index contributed by atoms with van der Waals surface area (Å²) in [5.74, 6) is 0.138. The second-order valence-electron chi connectivity index (χ2n) is 7.42. The van der Waals surface area contributed by atoms with Crippen molar-refractivity contribution in [2.45, 2.75) is 39.7 Å². The van der Waals surface area contributed by atoms with Gasteiger partial charge in [-0.15, -0.1) is 0 Å². The van der Waals surface area contributed by atoms with E-state index in [1.807, 2.05) is 63.6 Å². The van der Waals surface area contributed by atoms with Crippen LogP contribution in [0.2, 0.25) is 0 Å². The van der Waals surface area contributed by atoms with Gasteiger partial charge in [0, 0.05) is 30.5 Å². The third-order valence-electron chi connectivity index (χ3n) is 4.45. The summed E-state index contributed by atoms with van der Waals surface area (Å²) in [6, 6.07) is 16.2. The summed E-state index contributed by atoms with van der Waals surface area (Å²) >= 11 is 0. The smallest absolute Gasteiger partial charge is 0.224 e. The Labute approximate surface area is 162 Å². The molecule has 0 fully saturated rings. The van der Waals surface area contributed by atoms with Gasteiger partial charge in [0.25, 0.3) is 0 Å². The van der Waals surface area contributed by atoms with Crippen LogP contribution < -0.4 is 5.32 Å². The van der Waals surface area contributed by atoms with Gasteiger partial charge in [-0.3, -0.25) is 4.79 Å². The zero-order valence-corrected chi connectivity index (χ0v) is 17.0. The van der Waals surface area contributed by atoms with Gasteiger partial charge in [-0.2, -0.15) is 0 Å². The number of carbonyl (C=O) groups excluding carboxylic acids is 1. The number of hydrogen-bond donors (Lipinski definition) is 2. The van der Waals surface area contributed by atoms with Gasteiger partial charge in [0.05, 0.1) is 0 Å². The number of benzene rings is 1. The number of hydrogen-bond acceptors (Lipinski definition) is 2. The van der Waals surface area contributed by atoms with Gasteiger partial charge >= 0.3 is 0 Å². The fourth-order valence-electron chi connectivity index (χ4n) is 3.09. The van der Waals surface area contributed by atoms with E-state index in [1.54, 1.807) is 0 Å². The van der Waals surface area contributed by atoms with Crippen LogP contribution in [0.3, 0.4) is 0 Å². The van der Waals surface area contributed by atoms with Crippen molar-refractivity contribution in [1.82, 2.24) is 9.88 Å². The lowest BCUT2D eigenvalue weighted by Crippen LogP contribution is -2.15. The molecule has 0 aliphatic rings. The number of anilines is 1. The Bertz CT molecular complexity index is 822. The van der Waals surface area contributed by atoms with Crippen LogP contribution in [0.4, 0.5) is 5.69 Å². The van der Waals surface area contributed by atoms with Gasteiger partial charge in [-0.05, 0) is 68.8 Å². The first-order valence-corrected chi connectivity index (χ1v) is 9.37. The Morgan fingerprint density at radius 2 is 1.85 bits per heavy atom. The van der Waals surface area contributed by atoms with Crippen molar-refractivity contribution < 1.29 is 4.79 Å². The second-order valence-corrected chi connectivity index (χ2v) is 7.42. The third kappa shape index (κ3) is 6.91. The number of rotatable bonds is 6. The summed E-state index contributed by atoms with van der Waals surface area (Å²) in [6.45, 7) is 7.05. The molecule has 1 aromatic carbocycles. The first-order valence-electron chi connectivity index (χ1n) is 9.37. The maximum Gasteiger partial charge on any atom is 0.224 e. The molecule has 144 valence electrons. The maximum absolute atomic E-state index is 12.6. The van der Waals surface area contributed by atoms with E-state index in [2.05, 4.69) is 41.2 Å². The molecule has 1 atom stereocenters. The summed E-state index contributed by atoms with van der Waals surface area (Å²) in [5, 5.41) is 3.04. The number of amides is 1. The molecule has 4 heteroatoms. The number of aromatic nitrogens is 1. The Morgan fingerprint density at radius 1 is 1.11 bits per heavy atom. The molecule has 1 heterocycles. The quantitative estimate of drug-likeness (QED) is 0.761. The molecule has 0 bridgehead atoms. The molecule has 0 aliphatic carbocycles. The van der Waals surface area contributed by atoms with E-state index in [9.17, 15) is 4.79 Å². The topological polar surface area (TPSA) is 48.1 Å². The largest absolute Gasteiger partial charge is 0.365 e. The molecule has 2 N–H and O–H groups in total. The first-order chi connectivity index (χ1) is 12.8. The normalized spacial score (nSPS) is 11.8. The van der Waals surface area contributed by atoms with Crippen LogP contribution in [0.15, 0.2) is 54.7 Å². The van der Waals surface area contributed by atoms with Crippen LogP contribution in [0.25, 0.3) is 0 Å². The molecule has 1 amide bonds. The molecule has 2 rings (SSSR count). The average Bonchev–Trinajstić information content (AvgIpc) is 2.65. The van der Waals surface area contributed by atoms with Crippen molar-refractivity contribution in [2.75, 3.05) is 19.4 Å². The number of carbonyl (C=O) groups is 1. The van der Waals surface area contributed by atoms with Crippen LogP contribution in [-0.4, -0.2) is 29.9 Å². The van der Waals surface area contributed by atoms with E-state index in [1.165, 1.54) is 5.56 Å². The summed E-state index contributed by atoms with van der Waals surface area (Å²) in [6.07, 6.45) is 2.45. The molecule has 0 aliphatic heterocycles. The average molecular weight is 366 g/mol. The van der Waals surface area contributed by atoms with Gasteiger partial charge in [0.1, 0.15) is 0 Å². The number of aromatic amines is 1. The van der Waals surface area contributed by atoms with Gasteiger partial charge in [-0.25, -0.2) is 0 Å². The third-order valence-corrected chi connectivity index (χ3v) is 4.45. The van der Waals surface area contributed by atoms with E-state index in [0.717, 1.165) is 29.1 Å². The Morgan fingerprint density at radius 3 is 2.59 bits per heavy atom. The highest BCUT2D eigenvalue weighted by Crippen LogP contribution is 2.22. The van der Waals surface area contributed by atoms with Crippen molar-refractivity contribution in [3.8, 4) is 0 Å². The van der Waals surface area contributed by atoms with Crippen LogP contribution >= 0.6 is 0 Å². The van der Waals surface area contributed by atoms with Gasteiger partial charge in [0.2, 0.25) is 5.91 Å². The predicted octanol–water partition coefficient (Wildman–Crippen LogP) is 4.95. The molecule has 1 aromatic heterocycles. The van der Waals surface area contributed by atoms with Crippen molar-refractivity contribution in [3.63, 3.8) is 0 Å². The lowest BCUT2D eigenvalue weighted by molar-refractivity contribution is -0.116.